The average molecular weight is 466 g/mol. The summed E-state index contributed by atoms with van der Waals surface area (Å²) in [6.07, 6.45) is -4.64. The van der Waals surface area contributed by atoms with Crippen molar-refractivity contribution in [2.24, 2.45) is 0 Å². The average Bonchev–Trinajstić information content (AvgIpc) is 2.67. The molecule has 0 saturated carbocycles. The molecule has 0 aliphatic heterocycles. The molecule has 2 N–H and O–H groups in total. The molecule has 0 spiro atoms. The van der Waals surface area contributed by atoms with Crippen LogP contribution in [0.5, 0.6) is 0 Å². The fraction of sp³-hybridized carbons (Fsp3) is 0.235. The normalized spacial score (nSPS) is 12.8. The number of anilines is 1. The van der Waals surface area contributed by atoms with E-state index >= 15 is 0 Å². The summed E-state index contributed by atoms with van der Waals surface area (Å²) in [6.45, 7) is 0.336. The van der Waals surface area contributed by atoms with E-state index in [4.69, 9.17) is 16.3 Å². The van der Waals surface area contributed by atoms with Gasteiger partial charge < -0.3 is 10.1 Å². The lowest BCUT2D eigenvalue weighted by Gasteiger charge is -2.14. The largest absolute Gasteiger partial charge is 0.452 e. The van der Waals surface area contributed by atoms with Crippen LogP contribution in [0.4, 0.5) is 18.9 Å². The number of halogens is 4. The lowest BCUT2D eigenvalue weighted by molar-refractivity contribution is -0.151. The highest BCUT2D eigenvalue weighted by molar-refractivity contribution is 7.89. The van der Waals surface area contributed by atoms with Crippen LogP contribution in [0.3, 0.4) is 0 Å². The second-order valence-corrected chi connectivity index (χ2v) is 7.94. The van der Waals surface area contributed by atoms with Crippen LogP contribution in [0.1, 0.15) is 12.5 Å². The third kappa shape index (κ3) is 6.40. The molecule has 2 rings (SSSR count). The Balaban J connectivity index is 1.95. The van der Waals surface area contributed by atoms with E-state index in [2.05, 4.69) is 10.3 Å². The zero-order valence-corrected chi connectivity index (χ0v) is 16.8. The van der Waals surface area contributed by atoms with Gasteiger partial charge in [-0.3, -0.25) is 9.59 Å². The van der Waals surface area contributed by atoms with Crippen LogP contribution >= 0.6 is 11.6 Å². The van der Waals surface area contributed by atoms with E-state index in [9.17, 15) is 31.2 Å². The SMILES string of the molecule is CC(OC(=O)CNS(=O)(=O)c1cccc(C(F)(F)F)c1)C(=O)Nc1cccnc1Cl. The summed E-state index contributed by atoms with van der Waals surface area (Å²) in [5.74, 6) is -1.87. The highest BCUT2D eigenvalue weighted by atomic mass is 35.5. The van der Waals surface area contributed by atoms with Gasteiger partial charge >= 0.3 is 12.1 Å². The number of pyridine rings is 1. The Kier molecular flexibility index (Phi) is 7.39. The number of sulfonamides is 1. The molecule has 1 aromatic heterocycles. The van der Waals surface area contributed by atoms with E-state index in [1.165, 1.54) is 25.3 Å². The first kappa shape index (κ1) is 23.6. The summed E-state index contributed by atoms with van der Waals surface area (Å²) in [5, 5.41) is 2.39. The van der Waals surface area contributed by atoms with Gasteiger partial charge in [-0.2, -0.15) is 17.9 Å². The van der Waals surface area contributed by atoms with Gasteiger partial charge in [0.25, 0.3) is 5.91 Å². The number of esters is 1. The predicted octanol–water partition coefficient (Wildman–Crippen LogP) is 2.60. The number of aromatic nitrogens is 1. The van der Waals surface area contributed by atoms with Crippen molar-refractivity contribution in [1.29, 1.82) is 0 Å². The van der Waals surface area contributed by atoms with Gasteiger partial charge in [-0.15, -0.1) is 0 Å². The van der Waals surface area contributed by atoms with Crippen molar-refractivity contribution in [3.8, 4) is 0 Å². The minimum atomic E-state index is -4.73. The minimum Gasteiger partial charge on any atom is -0.452 e. The Morgan fingerprint density at radius 3 is 2.57 bits per heavy atom. The van der Waals surface area contributed by atoms with Gasteiger partial charge in [0.05, 0.1) is 16.1 Å². The standard InChI is InChI=1S/C17H15ClF3N3O5S/c1-10(16(26)24-13-6-3-7-22-15(13)18)29-14(25)9-23-30(27,28)12-5-2-4-11(8-12)17(19,20)21/h2-8,10,23H,9H2,1H3,(H,24,26). The third-order valence-corrected chi connectivity index (χ3v) is 5.27. The Hall–Kier alpha value is -2.70. The zero-order valence-electron chi connectivity index (χ0n) is 15.2. The number of hydrogen-bond acceptors (Lipinski definition) is 6. The summed E-state index contributed by atoms with van der Waals surface area (Å²) in [5.41, 5.74) is -0.982. The Morgan fingerprint density at radius 2 is 1.93 bits per heavy atom. The van der Waals surface area contributed by atoms with Gasteiger partial charge in [0, 0.05) is 6.20 Å². The van der Waals surface area contributed by atoms with Crippen LogP contribution in [-0.2, 0) is 30.5 Å². The predicted molar refractivity (Wildman–Crippen MR) is 100 cm³/mol. The Morgan fingerprint density at radius 1 is 1.23 bits per heavy atom. The molecule has 1 aromatic carbocycles. The van der Waals surface area contributed by atoms with Crippen molar-refractivity contribution in [3.63, 3.8) is 0 Å². The molecule has 8 nitrogen and oxygen atoms in total. The van der Waals surface area contributed by atoms with Crippen LogP contribution in [0.15, 0.2) is 47.5 Å². The molecular formula is C17H15ClF3N3O5S. The molecule has 0 aliphatic rings. The van der Waals surface area contributed by atoms with Crippen molar-refractivity contribution in [3.05, 3.63) is 53.3 Å². The van der Waals surface area contributed by atoms with Gasteiger partial charge in [-0.05, 0) is 37.3 Å². The number of carbonyl (C=O) groups excluding carboxylic acids is 2. The summed E-state index contributed by atoms with van der Waals surface area (Å²) < 4.78 is 69.1. The highest BCUT2D eigenvalue weighted by Crippen LogP contribution is 2.30. The van der Waals surface area contributed by atoms with Crippen molar-refractivity contribution >= 4 is 39.2 Å². The van der Waals surface area contributed by atoms with Crippen LogP contribution in [0.2, 0.25) is 5.15 Å². The Labute approximate surface area is 174 Å². The van der Waals surface area contributed by atoms with Gasteiger partial charge in [0.2, 0.25) is 10.0 Å². The molecular weight excluding hydrogens is 451 g/mol. The molecule has 30 heavy (non-hydrogen) atoms. The maximum absolute atomic E-state index is 12.7. The summed E-state index contributed by atoms with van der Waals surface area (Å²) in [4.78, 5) is 26.9. The molecule has 1 heterocycles. The van der Waals surface area contributed by atoms with Crippen LogP contribution < -0.4 is 10.0 Å². The first-order valence-electron chi connectivity index (χ1n) is 8.18. The molecule has 1 amide bonds. The number of ether oxygens (including phenoxy) is 1. The molecule has 0 saturated heterocycles. The second-order valence-electron chi connectivity index (χ2n) is 5.81. The molecule has 1 unspecified atom stereocenters. The third-order valence-electron chi connectivity index (χ3n) is 3.57. The van der Waals surface area contributed by atoms with E-state index < -0.39 is 51.2 Å². The maximum Gasteiger partial charge on any atom is 0.416 e. The number of rotatable bonds is 7. The zero-order chi connectivity index (χ0) is 22.5. The molecule has 0 fully saturated rings. The number of nitrogens with zero attached hydrogens (tertiary/aromatic N) is 1. The van der Waals surface area contributed by atoms with Gasteiger partial charge in [0.15, 0.2) is 11.3 Å². The summed E-state index contributed by atoms with van der Waals surface area (Å²) in [6, 6.07) is 5.98. The maximum atomic E-state index is 12.7. The number of carbonyl (C=O) groups is 2. The molecule has 13 heteroatoms. The fourth-order valence-corrected chi connectivity index (χ4v) is 3.26. The number of nitrogens with one attached hydrogen (secondary N) is 2. The molecule has 0 aliphatic carbocycles. The van der Waals surface area contributed by atoms with E-state index in [-0.39, 0.29) is 10.8 Å². The van der Waals surface area contributed by atoms with E-state index in [0.717, 1.165) is 12.1 Å². The lowest BCUT2D eigenvalue weighted by atomic mass is 10.2. The van der Waals surface area contributed by atoms with Gasteiger partial charge in [-0.1, -0.05) is 17.7 Å². The number of amides is 1. The van der Waals surface area contributed by atoms with Crippen molar-refractivity contribution < 1.29 is 35.9 Å². The number of benzene rings is 1. The fourth-order valence-electron chi connectivity index (χ4n) is 2.08. The summed E-state index contributed by atoms with van der Waals surface area (Å²) >= 11 is 5.80. The molecule has 0 bridgehead atoms. The van der Waals surface area contributed by atoms with Crippen molar-refractivity contribution in [1.82, 2.24) is 9.71 Å². The number of hydrogen-bond donors (Lipinski definition) is 2. The Bertz CT molecular complexity index is 1050. The van der Waals surface area contributed by atoms with Crippen molar-refractivity contribution in [2.45, 2.75) is 24.1 Å². The van der Waals surface area contributed by atoms with Crippen molar-refractivity contribution in [2.75, 3.05) is 11.9 Å². The van der Waals surface area contributed by atoms with Crippen LogP contribution in [-0.4, -0.2) is 37.9 Å². The second kappa shape index (κ2) is 9.41. The quantitative estimate of drug-likeness (QED) is 0.480. The molecule has 1 atom stereocenters. The van der Waals surface area contributed by atoms with E-state index in [1.54, 1.807) is 0 Å². The van der Waals surface area contributed by atoms with Gasteiger partial charge in [0.1, 0.15) is 6.54 Å². The minimum absolute atomic E-state index is 0.0122. The molecule has 2 aromatic rings. The van der Waals surface area contributed by atoms with E-state index in [1.807, 2.05) is 4.72 Å². The first-order valence-corrected chi connectivity index (χ1v) is 10.0. The topological polar surface area (TPSA) is 114 Å². The van der Waals surface area contributed by atoms with Crippen LogP contribution in [0.25, 0.3) is 0 Å². The number of alkyl halides is 3. The smallest absolute Gasteiger partial charge is 0.416 e. The molecule has 0 radical (unpaired) electrons. The lowest BCUT2D eigenvalue weighted by Crippen LogP contribution is -2.36. The van der Waals surface area contributed by atoms with E-state index in [0.29, 0.717) is 12.1 Å². The van der Waals surface area contributed by atoms with Crippen LogP contribution in [0, 0.1) is 0 Å². The summed E-state index contributed by atoms with van der Waals surface area (Å²) in [7, 11) is -4.43. The van der Waals surface area contributed by atoms with Gasteiger partial charge in [-0.25, -0.2) is 13.4 Å². The monoisotopic (exact) mass is 465 g/mol. The highest BCUT2D eigenvalue weighted by Gasteiger charge is 2.31. The first-order chi connectivity index (χ1) is 13.9. The molecule has 162 valence electrons.